The van der Waals surface area contributed by atoms with Gasteiger partial charge in [0, 0.05) is 5.56 Å². The van der Waals surface area contributed by atoms with Crippen LogP contribution in [0.2, 0.25) is 0 Å². The fourth-order valence-electron chi connectivity index (χ4n) is 2.01. The summed E-state index contributed by atoms with van der Waals surface area (Å²) in [5.74, 6) is 0.0133. The number of methoxy groups -OCH3 is 1. The normalized spacial score (nSPS) is 12.0. The molecule has 21 heavy (non-hydrogen) atoms. The highest BCUT2D eigenvalue weighted by atomic mass is 16.5. The largest absolute Gasteiger partial charge is 0.469 e. The van der Waals surface area contributed by atoms with E-state index in [2.05, 4.69) is 15.2 Å². The Labute approximate surface area is 122 Å². The maximum absolute atomic E-state index is 12.4. The van der Waals surface area contributed by atoms with E-state index in [-0.39, 0.29) is 12.2 Å². The first-order chi connectivity index (χ1) is 10.0. The molecule has 1 atom stereocenters. The lowest BCUT2D eigenvalue weighted by atomic mass is 10.1. The molecule has 0 radical (unpaired) electrons. The molecule has 0 bridgehead atoms. The summed E-state index contributed by atoms with van der Waals surface area (Å²) in [4.78, 5) is 23.9. The number of hydrogen-bond donors (Lipinski definition) is 0. The van der Waals surface area contributed by atoms with Crippen molar-refractivity contribution >= 4 is 11.8 Å². The Hall–Kier alpha value is -2.57. The number of rotatable bonds is 5. The minimum Gasteiger partial charge on any atom is -0.469 e. The lowest BCUT2D eigenvalue weighted by Crippen LogP contribution is -2.38. The summed E-state index contributed by atoms with van der Waals surface area (Å²) in [6.07, 6.45) is 0.00636. The molecule has 0 aliphatic heterocycles. The molecular weight excluding hydrogens is 272 g/mol. The molecule has 2 rings (SSSR count). The molecule has 0 amide bonds. The van der Waals surface area contributed by atoms with Gasteiger partial charge >= 0.3 is 5.97 Å². The van der Waals surface area contributed by atoms with Gasteiger partial charge in [-0.25, -0.2) is 0 Å². The van der Waals surface area contributed by atoms with Crippen LogP contribution >= 0.6 is 0 Å². The number of benzene rings is 1. The summed E-state index contributed by atoms with van der Waals surface area (Å²) >= 11 is 0. The number of aryl methyl sites for hydroxylation is 1. The van der Waals surface area contributed by atoms with Gasteiger partial charge in [0.25, 0.3) is 5.82 Å². The lowest BCUT2D eigenvalue weighted by molar-refractivity contribution is -0.738. The van der Waals surface area contributed by atoms with Gasteiger partial charge in [-0.15, -0.1) is 4.68 Å². The van der Waals surface area contributed by atoms with E-state index >= 15 is 0 Å². The van der Waals surface area contributed by atoms with Crippen LogP contribution in [0.25, 0.3) is 0 Å². The number of Topliss-reactive ketones (excluding diaryl/α,β-unsaturated/α-hetero) is 1. The van der Waals surface area contributed by atoms with Crippen molar-refractivity contribution in [3.05, 3.63) is 41.7 Å². The molecule has 0 aliphatic carbocycles. The lowest BCUT2D eigenvalue weighted by Gasteiger charge is -2.07. The Morgan fingerprint density at radius 2 is 2.00 bits per heavy atom. The zero-order chi connectivity index (χ0) is 15.4. The van der Waals surface area contributed by atoms with Gasteiger partial charge in [0.2, 0.25) is 5.78 Å². The highest BCUT2D eigenvalue weighted by molar-refractivity contribution is 5.98. The van der Waals surface area contributed by atoms with E-state index < -0.39 is 12.0 Å². The summed E-state index contributed by atoms with van der Waals surface area (Å²) < 4.78 is 7.57. The molecule has 1 aromatic carbocycles. The van der Waals surface area contributed by atoms with Crippen molar-refractivity contribution in [2.75, 3.05) is 7.11 Å². The van der Waals surface area contributed by atoms with Gasteiger partial charge in [-0.1, -0.05) is 35.0 Å². The van der Waals surface area contributed by atoms with Crippen molar-refractivity contribution < 1.29 is 19.0 Å². The molecule has 0 saturated carbocycles. The summed E-state index contributed by atoms with van der Waals surface area (Å²) in [5, 5.41) is 7.82. The Morgan fingerprint density at radius 3 is 2.62 bits per heavy atom. The Kier molecular flexibility index (Phi) is 4.42. The molecule has 0 aliphatic rings. The molecule has 1 unspecified atom stereocenters. The highest BCUT2D eigenvalue weighted by Crippen LogP contribution is 2.14. The summed E-state index contributed by atoms with van der Waals surface area (Å²) in [7, 11) is 2.98. The van der Waals surface area contributed by atoms with Crippen LogP contribution in [0, 0.1) is 0 Å². The molecule has 110 valence electrons. The van der Waals surface area contributed by atoms with Gasteiger partial charge in [-0.3, -0.25) is 9.59 Å². The number of carbonyl (C=O) groups is 2. The number of tetrazole rings is 1. The summed E-state index contributed by atoms with van der Waals surface area (Å²) in [6, 6.07) is 8.39. The average molecular weight is 289 g/mol. The molecule has 1 aromatic heterocycles. The molecule has 0 N–H and O–H groups in total. The number of carbonyl (C=O) groups excluding carboxylic acids is 2. The third-order valence-electron chi connectivity index (χ3n) is 3.24. The topological polar surface area (TPSA) is 78.0 Å². The van der Waals surface area contributed by atoms with Crippen LogP contribution in [0.1, 0.15) is 29.1 Å². The fourth-order valence-corrected chi connectivity index (χ4v) is 2.01. The predicted octanol–water partition coefficient (Wildman–Crippen LogP) is 0.262. The third kappa shape index (κ3) is 3.13. The standard InChI is InChI=1S/C14H17N4O3/c1-10(14(20)11-7-5-4-6-8-11)18-12(9-13(19)21-3)17(2)15-16-18/h4-8,10H,9H2,1-3H3/q+1. The van der Waals surface area contributed by atoms with Crippen molar-refractivity contribution in [3.63, 3.8) is 0 Å². The Balaban J connectivity index is 2.29. The molecule has 0 spiro atoms. The number of hydrogen-bond acceptors (Lipinski definition) is 5. The van der Waals surface area contributed by atoms with Crippen molar-refractivity contribution in [1.82, 2.24) is 15.1 Å². The van der Waals surface area contributed by atoms with Crippen LogP contribution in [0.15, 0.2) is 30.3 Å². The van der Waals surface area contributed by atoms with Gasteiger partial charge in [0.05, 0.1) is 14.2 Å². The molecule has 0 saturated heterocycles. The zero-order valence-corrected chi connectivity index (χ0v) is 12.2. The van der Waals surface area contributed by atoms with E-state index in [1.165, 1.54) is 16.5 Å². The quantitative estimate of drug-likeness (QED) is 0.448. The van der Waals surface area contributed by atoms with Gasteiger partial charge in [0.15, 0.2) is 11.3 Å². The Bertz CT molecular complexity index is 651. The summed E-state index contributed by atoms with van der Waals surface area (Å²) in [5.41, 5.74) is 0.590. The molecular formula is C14H17N4O3+. The monoisotopic (exact) mass is 289 g/mol. The maximum atomic E-state index is 12.4. The van der Waals surface area contributed by atoms with Crippen LogP contribution in [0.5, 0.6) is 0 Å². The maximum Gasteiger partial charge on any atom is 0.316 e. The van der Waals surface area contributed by atoms with E-state index in [1.807, 2.05) is 6.07 Å². The van der Waals surface area contributed by atoms with Crippen molar-refractivity contribution in [2.45, 2.75) is 19.4 Å². The van der Waals surface area contributed by atoms with Gasteiger partial charge < -0.3 is 4.74 Å². The molecule has 1 heterocycles. The molecule has 7 heteroatoms. The van der Waals surface area contributed by atoms with Crippen LogP contribution < -0.4 is 4.68 Å². The van der Waals surface area contributed by atoms with Crippen LogP contribution in [-0.2, 0) is 23.0 Å². The van der Waals surface area contributed by atoms with E-state index in [1.54, 1.807) is 38.2 Å². The second-order valence-corrected chi connectivity index (χ2v) is 4.62. The second kappa shape index (κ2) is 6.25. The predicted molar refractivity (Wildman–Crippen MR) is 72.4 cm³/mol. The molecule has 0 fully saturated rings. The summed E-state index contributed by atoms with van der Waals surface area (Å²) in [6.45, 7) is 1.73. The minimum absolute atomic E-state index is 0.00636. The van der Waals surface area contributed by atoms with E-state index in [4.69, 9.17) is 0 Å². The number of ether oxygens (including phenoxy) is 1. The van der Waals surface area contributed by atoms with E-state index in [0.29, 0.717) is 11.4 Å². The van der Waals surface area contributed by atoms with Crippen LogP contribution in [0.4, 0.5) is 0 Å². The number of esters is 1. The fraction of sp³-hybridized carbons (Fsp3) is 0.357. The van der Waals surface area contributed by atoms with E-state index in [0.717, 1.165) is 0 Å². The van der Waals surface area contributed by atoms with Crippen LogP contribution in [0.3, 0.4) is 0 Å². The van der Waals surface area contributed by atoms with Crippen molar-refractivity contribution in [3.8, 4) is 0 Å². The van der Waals surface area contributed by atoms with Gasteiger partial charge in [-0.05, 0) is 6.92 Å². The SMILES string of the molecule is COC(=O)Cc1n(C(C)C(=O)c2ccccc2)nn[n+]1C. The van der Waals surface area contributed by atoms with Crippen molar-refractivity contribution in [1.29, 1.82) is 0 Å². The molecule has 2 aromatic rings. The van der Waals surface area contributed by atoms with E-state index in [9.17, 15) is 9.59 Å². The second-order valence-electron chi connectivity index (χ2n) is 4.62. The third-order valence-corrected chi connectivity index (χ3v) is 3.24. The smallest absolute Gasteiger partial charge is 0.316 e. The van der Waals surface area contributed by atoms with Gasteiger partial charge in [0.1, 0.15) is 11.6 Å². The first-order valence-electron chi connectivity index (χ1n) is 6.51. The van der Waals surface area contributed by atoms with Gasteiger partial charge in [-0.2, -0.15) is 0 Å². The zero-order valence-electron chi connectivity index (χ0n) is 12.2. The number of ketones is 1. The molecule has 7 nitrogen and oxygen atoms in total. The Morgan fingerprint density at radius 1 is 1.33 bits per heavy atom. The van der Waals surface area contributed by atoms with Crippen molar-refractivity contribution in [2.24, 2.45) is 7.05 Å². The minimum atomic E-state index is -0.555. The highest BCUT2D eigenvalue weighted by Gasteiger charge is 2.30. The number of nitrogens with zero attached hydrogens (tertiary/aromatic N) is 4. The average Bonchev–Trinajstić information content (AvgIpc) is 2.87. The van der Waals surface area contributed by atoms with Crippen LogP contribution in [-0.4, -0.2) is 34.0 Å². The first kappa shape index (κ1) is 14.8. The first-order valence-corrected chi connectivity index (χ1v) is 6.51. The number of aromatic nitrogens is 4.